The Balaban J connectivity index is 1.57. The number of fused-ring (bicyclic) bond motifs is 2. The molecule has 28 heavy (non-hydrogen) atoms. The molecule has 0 aliphatic carbocycles. The largest absolute Gasteiger partial charge is 0.460 e. The summed E-state index contributed by atoms with van der Waals surface area (Å²) < 4.78 is 8.28. The molecule has 4 heterocycles. The summed E-state index contributed by atoms with van der Waals surface area (Å²) >= 11 is 0. The lowest BCUT2D eigenvalue weighted by atomic mass is 9.89. The van der Waals surface area contributed by atoms with E-state index in [-0.39, 0.29) is 11.8 Å². The lowest BCUT2D eigenvalue weighted by Gasteiger charge is -2.31. The van der Waals surface area contributed by atoms with Crippen molar-refractivity contribution >= 4 is 22.7 Å². The molecule has 1 amide bonds. The van der Waals surface area contributed by atoms with Gasteiger partial charge in [0.25, 0.3) is 0 Å². The second kappa shape index (κ2) is 6.48. The standard InChI is InChI=1S/C22H26N4O2/c1-13-4-5-19-16(10-13)14(2)21(28-19)17-11-20(27)24-22-18(17)12-23-26(22)15-6-8-25(3)9-7-15/h4-5,10,12,15,17H,6-9,11H2,1-3H3,(H,24,27). The monoisotopic (exact) mass is 378 g/mol. The second-order valence-electron chi connectivity index (χ2n) is 8.32. The molecule has 6 heteroatoms. The highest BCUT2D eigenvalue weighted by atomic mass is 16.3. The molecule has 1 aromatic carbocycles. The van der Waals surface area contributed by atoms with Crippen molar-refractivity contribution in [3.05, 3.63) is 46.8 Å². The van der Waals surface area contributed by atoms with Crippen LogP contribution in [0.15, 0.2) is 28.8 Å². The average molecular weight is 378 g/mol. The van der Waals surface area contributed by atoms with E-state index in [1.165, 1.54) is 5.56 Å². The van der Waals surface area contributed by atoms with Crippen LogP contribution < -0.4 is 5.32 Å². The molecule has 2 aliphatic rings. The van der Waals surface area contributed by atoms with E-state index < -0.39 is 0 Å². The lowest BCUT2D eigenvalue weighted by Crippen LogP contribution is -2.33. The van der Waals surface area contributed by atoms with Crippen LogP contribution >= 0.6 is 0 Å². The van der Waals surface area contributed by atoms with Crippen LogP contribution in [0.4, 0.5) is 5.82 Å². The zero-order valence-electron chi connectivity index (χ0n) is 16.7. The van der Waals surface area contributed by atoms with Gasteiger partial charge in [-0.05, 0) is 64.5 Å². The number of carbonyl (C=O) groups excluding carboxylic acids is 1. The molecule has 2 aromatic heterocycles. The summed E-state index contributed by atoms with van der Waals surface area (Å²) in [5.41, 5.74) is 4.28. The number of hydrogen-bond acceptors (Lipinski definition) is 4. The van der Waals surface area contributed by atoms with E-state index in [4.69, 9.17) is 9.52 Å². The maximum Gasteiger partial charge on any atom is 0.226 e. The number of furan rings is 1. The van der Waals surface area contributed by atoms with Crippen LogP contribution in [-0.2, 0) is 4.79 Å². The van der Waals surface area contributed by atoms with Gasteiger partial charge in [0.15, 0.2) is 0 Å². The van der Waals surface area contributed by atoms with Crippen molar-refractivity contribution in [2.75, 3.05) is 25.5 Å². The van der Waals surface area contributed by atoms with Gasteiger partial charge in [0.2, 0.25) is 5.91 Å². The van der Waals surface area contributed by atoms with Crippen molar-refractivity contribution < 1.29 is 9.21 Å². The fraction of sp³-hybridized carbons (Fsp3) is 0.455. The number of carbonyl (C=O) groups is 1. The van der Waals surface area contributed by atoms with Crippen LogP contribution in [0.5, 0.6) is 0 Å². The van der Waals surface area contributed by atoms with Crippen LogP contribution in [0, 0.1) is 13.8 Å². The van der Waals surface area contributed by atoms with Gasteiger partial charge in [-0.3, -0.25) is 4.79 Å². The zero-order chi connectivity index (χ0) is 19.4. The van der Waals surface area contributed by atoms with Crippen molar-refractivity contribution in [2.24, 2.45) is 0 Å². The van der Waals surface area contributed by atoms with E-state index in [9.17, 15) is 4.79 Å². The van der Waals surface area contributed by atoms with Gasteiger partial charge < -0.3 is 14.6 Å². The Kier molecular flexibility index (Phi) is 4.05. The summed E-state index contributed by atoms with van der Waals surface area (Å²) in [5.74, 6) is 1.69. The molecule has 0 bridgehead atoms. The van der Waals surface area contributed by atoms with Gasteiger partial charge in [-0.1, -0.05) is 11.6 Å². The molecule has 5 rings (SSSR count). The molecule has 6 nitrogen and oxygen atoms in total. The Morgan fingerprint density at radius 1 is 1.21 bits per heavy atom. The van der Waals surface area contributed by atoms with Crippen LogP contribution in [0.2, 0.25) is 0 Å². The van der Waals surface area contributed by atoms with Crippen molar-refractivity contribution in [1.29, 1.82) is 0 Å². The Labute approximate surface area is 164 Å². The number of amides is 1. The van der Waals surface area contributed by atoms with Crippen molar-refractivity contribution in [2.45, 2.75) is 45.1 Å². The lowest BCUT2D eigenvalue weighted by molar-refractivity contribution is -0.116. The van der Waals surface area contributed by atoms with Gasteiger partial charge in [-0.25, -0.2) is 4.68 Å². The number of nitrogens with one attached hydrogen (secondary N) is 1. The molecular formula is C22H26N4O2. The first-order valence-corrected chi connectivity index (χ1v) is 10.1. The molecule has 3 aromatic rings. The molecule has 2 aliphatic heterocycles. The van der Waals surface area contributed by atoms with Crippen LogP contribution in [-0.4, -0.2) is 40.7 Å². The Morgan fingerprint density at radius 2 is 2.00 bits per heavy atom. The molecule has 1 N–H and O–H groups in total. The fourth-order valence-corrected chi connectivity index (χ4v) is 4.67. The minimum absolute atomic E-state index is 0.0308. The van der Waals surface area contributed by atoms with E-state index in [1.807, 2.05) is 16.9 Å². The highest BCUT2D eigenvalue weighted by Gasteiger charge is 2.35. The first kappa shape index (κ1) is 17.5. The first-order valence-electron chi connectivity index (χ1n) is 10.1. The normalized spacial score (nSPS) is 21.1. The summed E-state index contributed by atoms with van der Waals surface area (Å²) in [7, 11) is 2.15. The number of anilines is 1. The molecule has 0 radical (unpaired) electrons. The van der Waals surface area contributed by atoms with Crippen molar-refractivity contribution in [1.82, 2.24) is 14.7 Å². The average Bonchev–Trinajstić information content (AvgIpc) is 3.23. The van der Waals surface area contributed by atoms with E-state index in [1.54, 1.807) is 0 Å². The minimum Gasteiger partial charge on any atom is -0.460 e. The molecule has 0 spiro atoms. The van der Waals surface area contributed by atoms with Crippen LogP contribution in [0.25, 0.3) is 11.0 Å². The highest BCUT2D eigenvalue weighted by molar-refractivity contribution is 5.94. The molecule has 0 saturated carbocycles. The molecule has 146 valence electrons. The van der Waals surface area contributed by atoms with Gasteiger partial charge in [0, 0.05) is 17.4 Å². The maximum atomic E-state index is 12.6. The minimum atomic E-state index is -0.0866. The fourth-order valence-electron chi connectivity index (χ4n) is 4.67. The number of rotatable bonds is 2. The van der Waals surface area contributed by atoms with Crippen molar-refractivity contribution in [3.8, 4) is 0 Å². The SMILES string of the molecule is Cc1ccc2oc(C3CC(=O)Nc4c3cnn4C3CCN(C)CC3)c(C)c2c1. The zero-order valence-corrected chi connectivity index (χ0v) is 16.7. The molecule has 1 fully saturated rings. The molecular weight excluding hydrogens is 352 g/mol. The summed E-state index contributed by atoms with van der Waals surface area (Å²) in [6.45, 7) is 6.29. The van der Waals surface area contributed by atoms with Gasteiger partial charge in [0.05, 0.1) is 18.2 Å². The summed E-state index contributed by atoms with van der Waals surface area (Å²) in [6.07, 6.45) is 4.42. The second-order valence-corrected chi connectivity index (χ2v) is 8.32. The summed E-state index contributed by atoms with van der Waals surface area (Å²) in [5, 5.41) is 8.91. The highest BCUT2D eigenvalue weighted by Crippen LogP contribution is 2.42. The van der Waals surface area contributed by atoms with Gasteiger partial charge in [-0.2, -0.15) is 5.10 Å². The van der Waals surface area contributed by atoms with E-state index in [0.29, 0.717) is 12.5 Å². The smallest absolute Gasteiger partial charge is 0.226 e. The molecule has 1 saturated heterocycles. The van der Waals surface area contributed by atoms with Crippen LogP contribution in [0.3, 0.4) is 0 Å². The number of piperidine rings is 1. The van der Waals surface area contributed by atoms with E-state index in [2.05, 4.69) is 43.2 Å². The molecule has 1 unspecified atom stereocenters. The third-order valence-electron chi connectivity index (χ3n) is 6.33. The third-order valence-corrected chi connectivity index (χ3v) is 6.33. The quantitative estimate of drug-likeness (QED) is 0.732. The number of likely N-dealkylation sites (tertiary alicyclic amines) is 1. The maximum absolute atomic E-state index is 12.6. The van der Waals surface area contributed by atoms with Gasteiger partial charge in [0.1, 0.15) is 17.2 Å². The van der Waals surface area contributed by atoms with Gasteiger partial charge in [-0.15, -0.1) is 0 Å². The third kappa shape index (κ3) is 2.75. The number of benzene rings is 1. The summed E-state index contributed by atoms with van der Waals surface area (Å²) in [4.78, 5) is 14.9. The number of hydrogen-bond donors (Lipinski definition) is 1. The predicted molar refractivity (Wildman–Crippen MR) is 109 cm³/mol. The molecule has 1 atom stereocenters. The summed E-state index contributed by atoms with van der Waals surface area (Å²) in [6, 6.07) is 6.57. The first-order chi connectivity index (χ1) is 13.5. The Bertz CT molecular complexity index is 1060. The Hall–Kier alpha value is -2.60. The Morgan fingerprint density at radius 3 is 2.79 bits per heavy atom. The van der Waals surface area contributed by atoms with Gasteiger partial charge >= 0.3 is 0 Å². The topological polar surface area (TPSA) is 63.3 Å². The number of aromatic nitrogens is 2. The number of nitrogens with zero attached hydrogens (tertiary/aromatic N) is 3. The van der Waals surface area contributed by atoms with E-state index in [0.717, 1.165) is 59.6 Å². The number of aryl methyl sites for hydroxylation is 2. The predicted octanol–water partition coefficient (Wildman–Crippen LogP) is 3.99. The van der Waals surface area contributed by atoms with Crippen LogP contribution in [0.1, 0.15) is 53.7 Å². The van der Waals surface area contributed by atoms with E-state index >= 15 is 0 Å². The van der Waals surface area contributed by atoms with Crippen molar-refractivity contribution in [3.63, 3.8) is 0 Å².